The summed E-state index contributed by atoms with van der Waals surface area (Å²) in [6.45, 7) is 8.70. The van der Waals surface area contributed by atoms with Gasteiger partial charge in [0, 0.05) is 43.6 Å². The molecule has 1 aliphatic carbocycles. The first-order chi connectivity index (χ1) is 11.9. The van der Waals surface area contributed by atoms with E-state index in [0.717, 1.165) is 17.1 Å². The second kappa shape index (κ2) is 7.16. The molecular weight excluding hydrogens is 395 g/mol. The molecule has 0 amide bonds. The molecule has 3 aromatic rings. The molecule has 2 aromatic carbocycles. The second-order valence-corrected chi connectivity index (χ2v) is 7.78. The van der Waals surface area contributed by atoms with Crippen LogP contribution < -0.4 is 0 Å². The van der Waals surface area contributed by atoms with E-state index in [9.17, 15) is 0 Å². The number of rotatable bonds is 2. The average Bonchev–Trinajstić information content (AvgIpc) is 3.22. The smallest absolute Gasteiger partial charge is 0.130 e. The topological polar surface area (TPSA) is 13.1 Å². The van der Waals surface area contributed by atoms with E-state index in [-0.39, 0.29) is 31.6 Å². The Balaban J connectivity index is 0.00000196. The van der Waals surface area contributed by atoms with Crippen molar-refractivity contribution < 1.29 is 30.6 Å². The van der Waals surface area contributed by atoms with Crippen molar-refractivity contribution in [3.63, 3.8) is 0 Å². The van der Waals surface area contributed by atoms with Crippen LogP contribution in [0, 0.1) is 13.3 Å². The molecule has 4 rings (SSSR count). The van der Waals surface area contributed by atoms with Crippen molar-refractivity contribution in [3.8, 4) is 11.1 Å². The van der Waals surface area contributed by atoms with E-state index < -0.39 is 0 Å². The minimum atomic E-state index is 0. The van der Waals surface area contributed by atoms with Gasteiger partial charge in [-0.05, 0) is 52.9 Å². The van der Waals surface area contributed by atoms with E-state index in [1.165, 1.54) is 27.8 Å². The fourth-order valence-corrected chi connectivity index (χ4v) is 3.42. The third-order valence-electron chi connectivity index (χ3n) is 4.79. The van der Waals surface area contributed by atoms with E-state index in [0.29, 0.717) is 0 Å². The first kappa shape index (κ1) is 19.1. The zero-order chi connectivity index (χ0) is 17.6. The minimum absolute atomic E-state index is 0. The number of fused-ring (bicyclic) bond motifs is 1. The summed E-state index contributed by atoms with van der Waals surface area (Å²) in [5, 5.41) is 0. The van der Waals surface area contributed by atoms with E-state index in [4.69, 9.17) is 4.42 Å². The Hall–Kier alpha value is -1.66. The standard InChI is InChI=1S/C24H23O.Zr/c1-16-10-11-18-14-19(21-12-13-22(25-21)24(2,3)4)15-20(18)23(16)17-8-6-5-7-9-17;/h5-15H,1-4H3;. The summed E-state index contributed by atoms with van der Waals surface area (Å²) in [6.07, 6.45) is 4.49. The van der Waals surface area contributed by atoms with Gasteiger partial charge in [-0.2, -0.15) is 0 Å². The van der Waals surface area contributed by atoms with Crippen LogP contribution in [0.2, 0.25) is 0 Å². The van der Waals surface area contributed by atoms with Gasteiger partial charge >= 0.3 is 0 Å². The summed E-state index contributed by atoms with van der Waals surface area (Å²) in [5.41, 5.74) is 7.59. The molecule has 0 saturated carbocycles. The van der Waals surface area contributed by atoms with Gasteiger partial charge < -0.3 is 4.42 Å². The van der Waals surface area contributed by atoms with Gasteiger partial charge in [0.1, 0.15) is 11.5 Å². The molecule has 1 radical (unpaired) electrons. The van der Waals surface area contributed by atoms with Crippen LogP contribution in [0.3, 0.4) is 0 Å². The van der Waals surface area contributed by atoms with Gasteiger partial charge in [0.25, 0.3) is 0 Å². The summed E-state index contributed by atoms with van der Waals surface area (Å²) in [4.78, 5) is 0. The molecule has 0 unspecified atom stereocenters. The molecule has 0 atom stereocenters. The molecule has 0 N–H and O–H groups in total. The number of aryl methyl sites for hydroxylation is 1. The Kier molecular flexibility index (Phi) is 5.26. The predicted molar refractivity (Wildman–Crippen MR) is 105 cm³/mol. The molecule has 1 aliphatic rings. The van der Waals surface area contributed by atoms with Crippen molar-refractivity contribution in [2.24, 2.45) is 0 Å². The Labute approximate surface area is 175 Å². The zero-order valence-corrected chi connectivity index (χ0v) is 18.2. The number of hydrogen-bond acceptors (Lipinski definition) is 1. The molecule has 0 aliphatic heterocycles. The van der Waals surface area contributed by atoms with Crippen molar-refractivity contribution >= 4 is 11.6 Å². The summed E-state index contributed by atoms with van der Waals surface area (Å²) < 4.78 is 6.14. The minimum Gasteiger partial charge on any atom is -0.461 e. The van der Waals surface area contributed by atoms with Crippen molar-refractivity contribution in [1.29, 1.82) is 0 Å². The Morgan fingerprint density at radius 1 is 0.846 bits per heavy atom. The van der Waals surface area contributed by atoms with Crippen LogP contribution in [0.25, 0.3) is 22.8 Å². The van der Waals surface area contributed by atoms with Crippen molar-refractivity contribution in [1.82, 2.24) is 0 Å². The summed E-state index contributed by atoms with van der Waals surface area (Å²) in [5.74, 6) is 1.96. The monoisotopic (exact) mass is 417 g/mol. The molecule has 0 bridgehead atoms. The van der Waals surface area contributed by atoms with Crippen LogP contribution in [0.15, 0.2) is 59.0 Å². The average molecular weight is 419 g/mol. The van der Waals surface area contributed by atoms with E-state index in [2.05, 4.69) is 94.8 Å². The third kappa shape index (κ3) is 3.45. The van der Waals surface area contributed by atoms with Crippen molar-refractivity contribution in [2.45, 2.75) is 33.1 Å². The van der Waals surface area contributed by atoms with E-state index >= 15 is 0 Å². The summed E-state index contributed by atoms with van der Waals surface area (Å²) in [7, 11) is 0. The maximum absolute atomic E-state index is 6.14. The maximum Gasteiger partial charge on any atom is 0.130 e. The number of allylic oxidation sites excluding steroid dienone is 1. The van der Waals surface area contributed by atoms with Gasteiger partial charge in [-0.3, -0.25) is 0 Å². The zero-order valence-electron chi connectivity index (χ0n) is 15.8. The predicted octanol–water partition coefficient (Wildman–Crippen LogP) is 6.66. The molecule has 0 spiro atoms. The van der Waals surface area contributed by atoms with Gasteiger partial charge in [-0.15, -0.1) is 0 Å². The number of furan rings is 1. The molecule has 1 heterocycles. The molecule has 2 heteroatoms. The van der Waals surface area contributed by atoms with Gasteiger partial charge in [0.15, 0.2) is 0 Å². The van der Waals surface area contributed by atoms with Crippen LogP contribution in [0.4, 0.5) is 0 Å². The Bertz CT molecular complexity index is 956. The number of benzene rings is 2. The molecule has 26 heavy (non-hydrogen) atoms. The van der Waals surface area contributed by atoms with Gasteiger partial charge in [0.05, 0.1) is 0 Å². The number of hydrogen-bond donors (Lipinski definition) is 0. The summed E-state index contributed by atoms with van der Waals surface area (Å²) in [6, 6.07) is 19.2. The van der Waals surface area contributed by atoms with Crippen LogP contribution in [-0.2, 0) is 31.6 Å². The third-order valence-corrected chi connectivity index (χ3v) is 4.79. The van der Waals surface area contributed by atoms with Crippen LogP contribution >= 0.6 is 0 Å². The van der Waals surface area contributed by atoms with E-state index in [1.54, 1.807) is 0 Å². The quantitative estimate of drug-likeness (QED) is 0.454. The maximum atomic E-state index is 6.14. The fraction of sp³-hybridized carbons (Fsp3) is 0.208. The molecule has 0 saturated heterocycles. The molecule has 1 aromatic heterocycles. The normalized spacial score (nSPS) is 13.2. The summed E-state index contributed by atoms with van der Waals surface area (Å²) >= 11 is 0. The van der Waals surface area contributed by atoms with Gasteiger partial charge in [-0.1, -0.05) is 63.2 Å². The largest absolute Gasteiger partial charge is 0.461 e. The molecule has 0 fully saturated rings. The molecule has 129 valence electrons. The van der Waals surface area contributed by atoms with Crippen LogP contribution in [-0.4, -0.2) is 0 Å². The van der Waals surface area contributed by atoms with Crippen molar-refractivity contribution in [3.05, 3.63) is 89.2 Å². The van der Waals surface area contributed by atoms with Gasteiger partial charge in [-0.25, -0.2) is 0 Å². The first-order valence-electron chi connectivity index (χ1n) is 8.79. The fourth-order valence-electron chi connectivity index (χ4n) is 3.42. The SMILES string of the molecule is Cc1ccc2c(c1-c1ccccc1)C=C(c1ccc(C(C)(C)C)o1)[CH]2.[Zr]. The second-order valence-electron chi connectivity index (χ2n) is 7.78. The molecular formula is C24H23OZr. The van der Waals surface area contributed by atoms with Crippen LogP contribution in [0.5, 0.6) is 0 Å². The van der Waals surface area contributed by atoms with Crippen molar-refractivity contribution in [2.75, 3.05) is 0 Å². The van der Waals surface area contributed by atoms with Gasteiger partial charge in [0.2, 0.25) is 0 Å². The molecule has 1 nitrogen and oxygen atoms in total. The Morgan fingerprint density at radius 2 is 1.58 bits per heavy atom. The first-order valence-corrected chi connectivity index (χ1v) is 8.79. The van der Waals surface area contributed by atoms with Crippen LogP contribution in [0.1, 0.15) is 49.0 Å². The van der Waals surface area contributed by atoms with E-state index in [1.807, 2.05) is 0 Å². The Morgan fingerprint density at radius 3 is 2.23 bits per heavy atom.